The summed E-state index contributed by atoms with van der Waals surface area (Å²) in [5, 5.41) is 3.58. The van der Waals surface area contributed by atoms with E-state index in [0.29, 0.717) is 16.3 Å². The van der Waals surface area contributed by atoms with E-state index in [4.69, 9.17) is 9.47 Å². The lowest BCUT2D eigenvalue weighted by atomic mass is 9.96. The molecule has 8 nitrogen and oxygen atoms in total. The van der Waals surface area contributed by atoms with Crippen LogP contribution in [0.2, 0.25) is 0 Å². The Balaban J connectivity index is 1.31. The van der Waals surface area contributed by atoms with Crippen molar-refractivity contribution in [1.82, 2.24) is 4.72 Å². The van der Waals surface area contributed by atoms with Gasteiger partial charge in [0.25, 0.3) is 5.91 Å². The van der Waals surface area contributed by atoms with Gasteiger partial charge in [0.2, 0.25) is 10.0 Å². The fourth-order valence-electron chi connectivity index (χ4n) is 3.89. The molecule has 0 unspecified atom stereocenters. The van der Waals surface area contributed by atoms with Gasteiger partial charge in [-0.3, -0.25) is 4.79 Å². The molecule has 4 rings (SSSR count). The molecule has 1 aliphatic rings. The minimum atomic E-state index is -3.59. The van der Waals surface area contributed by atoms with Crippen molar-refractivity contribution in [3.05, 3.63) is 53.4 Å². The molecule has 2 aromatic carbocycles. The summed E-state index contributed by atoms with van der Waals surface area (Å²) < 4.78 is 39.1. The van der Waals surface area contributed by atoms with Crippen LogP contribution in [-0.2, 0) is 19.6 Å². The van der Waals surface area contributed by atoms with Crippen molar-refractivity contribution in [1.29, 1.82) is 0 Å². The standard InChI is InChI=1S/C24H26N2O6S2/c1-31-24(28)22-14-16-13-18(7-12-21(16)33-22)25-23(27)15-32-19-8-10-20(11-9-19)34(29,30)26-17-5-3-2-4-6-17/h7-14,17,26H,2-6,15H2,1H3,(H,25,27). The van der Waals surface area contributed by atoms with Gasteiger partial charge in [0.15, 0.2) is 6.61 Å². The highest BCUT2D eigenvalue weighted by Gasteiger charge is 2.21. The van der Waals surface area contributed by atoms with Crippen LogP contribution in [0, 0.1) is 0 Å². The zero-order valence-corrected chi connectivity index (χ0v) is 20.3. The highest BCUT2D eigenvalue weighted by atomic mass is 32.2. The molecular formula is C24H26N2O6S2. The Morgan fingerprint density at radius 2 is 1.76 bits per heavy atom. The summed E-state index contributed by atoms with van der Waals surface area (Å²) in [6.07, 6.45) is 4.95. The van der Waals surface area contributed by atoms with Crippen molar-refractivity contribution < 1.29 is 27.5 Å². The molecule has 0 radical (unpaired) electrons. The molecule has 1 saturated carbocycles. The summed E-state index contributed by atoms with van der Waals surface area (Å²) in [7, 11) is -2.25. The zero-order valence-electron chi connectivity index (χ0n) is 18.7. The minimum Gasteiger partial charge on any atom is -0.484 e. The summed E-state index contributed by atoms with van der Waals surface area (Å²) in [5.74, 6) is -0.370. The Morgan fingerprint density at radius 3 is 2.47 bits per heavy atom. The molecule has 1 amide bonds. The molecule has 10 heteroatoms. The van der Waals surface area contributed by atoms with E-state index in [1.54, 1.807) is 18.2 Å². The third kappa shape index (κ3) is 5.94. The fourth-order valence-corrected chi connectivity index (χ4v) is 6.16. The number of rotatable bonds is 8. The number of methoxy groups -OCH3 is 1. The van der Waals surface area contributed by atoms with Crippen LogP contribution in [0.1, 0.15) is 41.8 Å². The second-order valence-electron chi connectivity index (χ2n) is 8.12. The summed E-state index contributed by atoms with van der Waals surface area (Å²) >= 11 is 1.32. The maximum Gasteiger partial charge on any atom is 0.348 e. The van der Waals surface area contributed by atoms with Crippen molar-refractivity contribution in [2.45, 2.75) is 43.0 Å². The molecular weight excluding hydrogens is 476 g/mol. The lowest BCUT2D eigenvalue weighted by molar-refractivity contribution is -0.118. The summed E-state index contributed by atoms with van der Waals surface area (Å²) in [6, 6.07) is 13.1. The van der Waals surface area contributed by atoms with Gasteiger partial charge in [-0.15, -0.1) is 11.3 Å². The number of thiophene rings is 1. The van der Waals surface area contributed by atoms with Crippen molar-refractivity contribution in [2.75, 3.05) is 19.0 Å². The average Bonchev–Trinajstić information content (AvgIpc) is 3.26. The number of anilines is 1. The number of carbonyl (C=O) groups excluding carboxylic acids is 2. The van der Waals surface area contributed by atoms with Crippen molar-refractivity contribution in [3.63, 3.8) is 0 Å². The average molecular weight is 503 g/mol. The van der Waals surface area contributed by atoms with Crippen molar-refractivity contribution >= 4 is 49.0 Å². The second-order valence-corrected chi connectivity index (χ2v) is 10.9. The number of benzene rings is 2. The number of hydrogen-bond donors (Lipinski definition) is 2. The van der Waals surface area contributed by atoms with Crippen LogP contribution in [0.4, 0.5) is 5.69 Å². The second kappa shape index (κ2) is 10.5. The predicted molar refractivity (Wildman–Crippen MR) is 131 cm³/mol. The Bertz CT molecular complexity index is 1280. The van der Waals surface area contributed by atoms with Crippen LogP contribution in [0.3, 0.4) is 0 Å². The summed E-state index contributed by atoms with van der Waals surface area (Å²) in [4.78, 5) is 24.7. The molecule has 0 aliphatic heterocycles. The van der Waals surface area contributed by atoms with Gasteiger partial charge in [-0.1, -0.05) is 19.3 Å². The van der Waals surface area contributed by atoms with E-state index in [0.717, 1.165) is 42.2 Å². The molecule has 3 aromatic rings. The first-order chi connectivity index (χ1) is 16.3. The number of esters is 1. The Morgan fingerprint density at radius 1 is 1.03 bits per heavy atom. The third-order valence-electron chi connectivity index (χ3n) is 5.62. The van der Waals surface area contributed by atoms with Gasteiger partial charge in [-0.2, -0.15) is 0 Å². The minimum absolute atomic E-state index is 0.0151. The number of hydrogen-bond acceptors (Lipinski definition) is 7. The molecule has 0 bridgehead atoms. The quantitative estimate of drug-likeness (QED) is 0.444. The van der Waals surface area contributed by atoms with Gasteiger partial charge in [0.05, 0.1) is 12.0 Å². The molecule has 34 heavy (non-hydrogen) atoms. The summed E-state index contributed by atoms with van der Waals surface area (Å²) in [6.45, 7) is -0.235. The largest absolute Gasteiger partial charge is 0.484 e. The number of ether oxygens (including phenoxy) is 2. The number of amides is 1. The Kier molecular flexibility index (Phi) is 7.50. The van der Waals surface area contributed by atoms with Crippen LogP contribution in [0.15, 0.2) is 53.4 Å². The lowest BCUT2D eigenvalue weighted by Crippen LogP contribution is -2.36. The highest BCUT2D eigenvalue weighted by molar-refractivity contribution is 7.89. The van der Waals surface area contributed by atoms with Crippen LogP contribution >= 0.6 is 11.3 Å². The predicted octanol–water partition coefficient (Wildman–Crippen LogP) is 4.32. The van der Waals surface area contributed by atoms with E-state index < -0.39 is 16.0 Å². The highest BCUT2D eigenvalue weighted by Crippen LogP contribution is 2.28. The van der Waals surface area contributed by atoms with Gasteiger partial charge in [0, 0.05) is 16.4 Å². The monoisotopic (exact) mass is 502 g/mol. The van der Waals surface area contributed by atoms with E-state index in [2.05, 4.69) is 10.0 Å². The number of fused-ring (bicyclic) bond motifs is 1. The van der Waals surface area contributed by atoms with E-state index in [9.17, 15) is 18.0 Å². The molecule has 1 heterocycles. The maximum absolute atomic E-state index is 12.6. The number of nitrogens with one attached hydrogen (secondary N) is 2. The summed E-state index contributed by atoms with van der Waals surface area (Å²) in [5.41, 5.74) is 0.575. The van der Waals surface area contributed by atoms with Gasteiger partial charge in [-0.05, 0) is 66.8 Å². The van der Waals surface area contributed by atoms with Crippen molar-refractivity contribution in [3.8, 4) is 5.75 Å². The van der Waals surface area contributed by atoms with Crippen LogP contribution in [0.25, 0.3) is 10.1 Å². The lowest BCUT2D eigenvalue weighted by Gasteiger charge is -2.22. The number of sulfonamides is 1. The van der Waals surface area contributed by atoms with E-state index in [1.165, 1.54) is 42.7 Å². The fraction of sp³-hybridized carbons (Fsp3) is 0.333. The molecule has 2 N–H and O–H groups in total. The molecule has 1 aliphatic carbocycles. The van der Waals surface area contributed by atoms with Gasteiger partial charge < -0.3 is 14.8 Å². The first-order valence-electron chi connectivity index (χ1n) is 11.0. The maximum atomic E-state index is 12.6. The Labute approximate surface area is 202 Å². The molecule has 1 fully saturated rings. The zero-order chi connectivity index (χ0) is 24.1. The van der Waals surface area contributed by atoms with Crippen LogP contribution < -0.4 is 14.8 Å². The third-order valence-corrected chi connectivity index (χ3v) is 8.25. The first-order valence-corrected chi connectivity index (χ1v) is 13.3. The van der Waals surface area contributed by atoms with Gasteiger partial charge in [0.1, 0.15) is 10.6 Å². The van der Waals surface area contributed by atoms with E-state index in [1.807, 2.05) is 6.07 Å². The molecule has 0 spiro atoms. The molecule has 0 saturated heterocycles. The van der Waals surface area contributed by atoms with Crippen LogP contribution in [0.5, 0.6) is 5.75 Å². The molecule has 0 atom stereocenters. The first kappa shape index (κ1) is 24.2. The smallest absolute Gasteiger partial charge is 0.348 e. The van der Waals surface area contributed by atoms with Gasteiger partial charge in [-0.25, -0.2) is 17.9 Å². The Hall–Kier alpha value is -2.95. The van der Waals surface area contributed by atoms with Gasteiger partial charge >= 0.3 is 5.97 Å². The SMILES string of the molecule is COC(=O)c1cc2cc(NC(=O)COc3ccc(S(=O)(=O)NC4CCCCC4)cc3)ccc2s1. The number of carbonyl (C=O) groups is 2. The topological polar surface area (TPSA) is 111 Å². The van der Waals surface area contributed by atoms with E-state index >= 15 is 0 Å². The van der Waals surface area contributed by atoms with Crippen molar-refractivity contribution in [2.24, 2.45) is 0 Å². The van der Waals surface area contributed by atoms with Crippen LogP contribution in [-0.4, -0.2) is 40.1 Å². The molecule has 1 aromatic heterocycles. The van der Waals surface area contributed by atoms with E-state index in [-0.39, 0.29) is 23.5 Å². The molecule has 180 valence electrons. The normalized spacial score (nSPS) is 14.6.